The van der Waals surface area contributed by atoms with E-state index in [1.54, 1.807) is 7.11 Å². The summed E-state index contributed by atoms with van der Waals surface area (Å²) in [5, 5.41) is 17.1. The Labute approximate surface area is 194 Å². The van der Waals surface area contributed by atoms with E-state index in [0.29, 0.717) is 5.89 Å². The van der Waals surface area contributed by atoms with Crippen LogP contribution in [-0.4, -0.2) is 27.8 Å². The largest absolute Gasteiger partial charge is 0.497 e. The molecule has 0 saturated carbocycles. The van der Waals surface area contributed by atoms with E-state index in [-0.39, 0.29) is 18.0 Å². The van der Waals surface area contributed by atoms with Crippen molar-refractivity contribution < 1.29 is 18.8 Å². The summed E-state index contributed by atoms with van der Waals surface area (Å²) in [6, 6.07) is 13.3. The fraction of sp³-hybridized carbons (Fsp3) is 0.167. The zero-order chi connectivity index (χ0) is 23.4. The Morgan fingerprint density at radius 2 is 2.06 bits per heavy atom. The van der Waals surface area contributed by atoms with E-state index < -0.39 is 5.97 Å². The van der Waals surface area contributed by atoms with Gasteiger partial charge >= 0.3 is 5.97 Å². The average Bonchev–Trinajstić information content (AvgIpc) is 3.57. The number of benzene rings is 1. The van der Waals surface area contributed by atoms with Crippen LogP contribution in [0.4, 0.5) is 0 Å². The first-order valence-electron chi connectivity index (χ1n) is 9.97. The Kier molecular flexibility index (Phi) is 6.38. The monoisotopic (exact) mass is 460 g/mol. The molecule has 0 fully saturated rings. The molecular weight excluding hydrogens is 440 g/mol. The molecule has 0 N–H and O–H groups in total. The highest BCUT2D eigenvalue weighted by Crippen LogP contribution is 2.25. The van der Waals surface area contributed by atoms with Gasteiger partial charge in [0.25, 0.3) is 5.89 Å². The number of methoxy groups -OCH3 is 1. The molecule has 0 unspecified atom stereocenters. The van der Waals surface area contributed by atoms with Crippen molar-refractivity contribution in [2.75, 3.05) is 7.11 Å². The molecule has 0 aliphatic heterocycles. The van der Waals surface area contributed by atoms with Crippen LogP contribution in [0.1, 0.15) is 22.8 Å². The lowest BCUT2D eigenvalue weighted by molar-refractivity contribution is -0.139. The molecule has 0 aliphatic rings. The maximum absolute atomic E-state index is 12.5. The van der Waals surface area contributed by atoms with Crippen molar-refractivity contribution in [2.24, 2.45) is 0 Å². The van der Waals surface area contributed by atoms with Crippen LogP contribution in [0.2, 0.25) is 0 Å². The second-order valence-corrected chi connectivity index (χ2v) is 7.91. The number of esters is 1. The standard InChI is InChI=1S/C24H20N4O4S/c1-15-10-18(16(2)28(15)20-4-6-21(30-3)7-5-20)11-19(12-25)24(29)31-13-22-26-23(32-27-22)17-8-9-33-14-17/h4-11,14H,13H2,1-3H3/b19-11+. The van der Waals surface area contributed by atoms with Gasteiger partial charge in [0, 0.05) is 22.5 Å². The number of carbonyl (C=O) groups is 1. The molecule has 1 aromatic carbocycles. The highest BCUT2D eigenvalue weighted by Gasteiger charge is 2.17. The summed E-state index contributed by atoms with van der Waals surface area (Å²) in [5.41, 5.74) is 4.22. The number of rotatable bonds is 7. The zero-order valence-corrected chi connectivity index (χ0v) is 19.0. The van der Waals surface area contributed by atoms with Crippen molar-refractivity contribution in [1.82, 2.24) is 14.7 Å². The summed E-state index contributed by atoms with van der Waals surface area (Å²) in [7, 11) is 1.62. The van der Waals surface area contributed by atoms with Gasteiger partial charge in [0.15, 0.2) is 6.61 Å². The first kappa shape index (κ1) is 22.0. The van der Waals surface area contributed by atoms with Crippen molar-refractivity contribution in [2.45, 2.75) is 20.5 Å². The Morgan fingerprint density at radius 3 is 2.73 bits per heavy atom. The van der Waals surface area contributed by atoms with E-state index in [1.807, 2.05) is 71.6 Å². The number of hydrogen-bond donors (Lipinski definition) is 0. The van der Waals surface area contributed by atoms with E-state index in [1.165, 1.54) is 17.4 Å². The quantitative estimate of drug-likeness (QED) is 0.220. The smallest absolute Gasteiger partial charge is 0.349 e. The number of nitriles is 1. The fourth-order valence-electron chi connectivity index (χ4n) is 3.38. The summed E-state index contributed by atoms with van der Waals surface area (Å²) < 4.78 is 17.7. The highest BCUT2D eigenvalue weighted by molar-refractivity contribution is 7.08. The molecule has 9 heteroatoms. The summed E-state index contributed by atoms with van der Waals surface area (Å²) in [6.45, 7) is 3.69. The number of carbonyl (C=O) groups excluding carboxylic acids is 1. The Balaban J connectivity index is 1.50. The van der Waals surface area contributed by atoms with Crippen LogP contribution in [0.3, 0.4) is 0 Å². The van der Waals surface area contributed by atoms with Crippen molar-refractivity contribution in [1.29, 1.82) is 5.26 Å². The zero-order valence-electron chi connectivity index (χ0n) is 18.2. The van der Waals surface area contributed by atoms with Crippen LogP contribution in [0.25, 0.3) is 23.2 Å². The van der Waals surface area contributed by atoms with Gasteiger partial charge in [0.2, 0.25) is 5.82 Å². The minimum Gasteiger partial charge on any atom is -0.497 e. The minimum atomic E-state index is -0.756. The summed E-state index contributed by atoms with van der Waals surface area (Å²) in [4.78, 5) is 16.7. The van der Waals surface area contributed by atoms with E-state index in [9.17, 15) is 10.1 Å². The van der Waals surface area contributed by atoms with Gasteiger partial charge in [0.05, 0.1) is 12.7 Å². The van der Waals surface area contributed by atoms with E-state index >= 15 is 0 Å². The summed E-state index contributed by atoms with van der Waals surface area (Å²) >= 11 is 1.51. The van der Waals surface area contributed by atoms with Crippen LogP contribution in [0.15, 0.2) is 57.3 Å². The van der Waals surface area contributed by atoms with Crippen LogP contribution in [-0.2, 0) is 16.1 Å². The fourth-order valence-corrected chi connectivity index (χ4v) is 4.01. The van der Waals surface area contributed by atoms with E-state index in [4.69, 9.17) is 14.0 Å². The molecule has 0 spiro atoms. The maximum atomic E-state index is 12.5. The van der Waals surface area contributed by atoms with Gasteiger partial charge in [-0.1, -0.05) is 5.16 Å². The molecule has 33 heavy (non-hydrogen) atoms. The number of hydrogen-bond acceptors (Lipinski definition) is 8. The molecule has 0 radical (unpaired) electrons. The third-order valence-corrected chi connectivity index (χ3v) is 5.69. The van der Waals surface area contributed by atoms with Gasteiger partial charge in [-0.25, -0.2) is 4.79 Å². The highest BCUT2D eigenvalue weighted by atomic mass is 32.1. The molecule has 3 aromatic heterocycles. The Morgan fingerprint density at radius 1 is 1.27 bits per heavy atom. The molecule has 4 rings (SSSR count). The maximum Gasteiger partial charge on any atom is 0.349 e. The predicted octanol–water partition coefficient (Wildman–Crippen LogP) is 4.86. The molecule has 0 atom stereocenters. The third kappa shape index (κ3) is 4.71. The second kappa shape index (κ2) is 9.54. The van der Waals surface area contributed by atoms with Gasteiger partial charge in [-0.2, -0.15) is 21.6 Å². The van der Waals surface area contributed by atoms with Crippen molar-refractivity contribution >= 4 is 23.4 Å². The Hall–Kier alpha value is -4.16. The normalized spacial score (nSPS) is 11.3. The molecule has 8 nitrogen and oxygen atoms in total. The molecule has 3 heterocycles. The van der Waals surface area contributed by atoms with E-state index in [2.05, 4.69) is 10.1 Å². The number of nitrogens with zero attached hydrogens (tertiary/aromatic N) is 4. The van der Waals surface area contributed by atoms with Gasteiger partial charge in [-0.3, -0.25) is 0 Å². The number of ether oxygens (including phenoxy) is 2. The van der Waals surface area contributed by atoms with E-state index in [0.717, 1.165) is 34.0 Å². The Bertz CT molecular complexity index is 1340. The van der Waals surface area contributed by atoms with Crippen molar-refractivity contribution in [3.8, 4) is 29.0 Å². The molecule has 166 valence electrons. The molecule has 0 aliphatic carbocycles. The van der Waals surface area contributed by atoms with Crippen LogP contribution >= 0.6 is 11.3 Å². The molecule has 4 aromatic rings. The summed E-state index contributed by atoms with van der Waals surface area (Å²) in [5.74, 6) is 0.581. The predicted molar refractivity (Wildman–Crippen MR) is 123 cm³/mol. The van der Waals surface area contributed by atoms with Crippen LogP contribution in [0, 0.1) is 25.2 Å². The first-order valence-corrected chi connectivity index (χ1v) is 10.9. The topological polar surface area (TPSA) is 103 Å². The molecule has 0 amide bonds. The number of aryl methyl sites for hydroxylation is 1. The number of aromatic nitrogens is 3. The van der Waals surface area contributed by atoms with Crippen LogP contribution in [0.5, 0.6) is 5.75 Å². The van der Waals surface area contributed by atoms with Crippen molar-refractivity contribution in [3.63, 3.8) is 0 Å². The summed E-state index contributed by atoms with van der Waals surface area (Å²) in [6.07, 6.45) is 1.53. The molecule has 0 saturated heterocycles. The SMILES string of the molecule is COc1ccc(-n2c(C)cc(/C=C(\C#N)C(=O)OCc3noc(-c4ccsc4)n3)c2C)cc1. The first-order chi connectivity index (χ1) is 16.0. The van der Waals surface area contributed by atoms with Gasteiger partial charge in [0.1, 0.15) is 17.4 Å². The van der Waals surface area contributed by atoms with Gasteiger partial charge in [-0.05, 0) is 67.3 Å². The van der Waals surface area contributed by atoms with Crippen molar-refractivity contribution in [3.05, 3.63) is 75.5 Å². The van der Waals surface area contributed by atoms with Gasteiger partial charge < -0.3 is 18.6 Å². The van der Waals surface area contributed by atoms with Crippen LogP contribution < -0.4 is 4.74 Å². The lowest BCUT2D eigenvalue weighted by Crippen LogP contribution is -2.07. The second-order valence-electron chi connectivity index (χ2n) is 7.13. The lowest BCUT2D eigenvalue weighted by atomic mass is 10.1. The molecular formula is C24H20N4O4S. The molecule has 0 bridgehead atoms. The average molecular weight is 461 g/mol. The lowest BCUT2D eigenvalue weighted by Gasteiger charge is -2.10. The number of thiophene rings is 1. The third-order valence-electron chi connectivity index (χ3n) is 5.01. The van der Waals surface area contributed by atoms with Gasteiger partial charge in [-0.15, -0.1) is 0 Å². The minimum absolute atomic E-state index is 0.119.